The van der Waals surface area contributed by atoms with E-state index in [9.17, 15) is 4.79 Å². The second kappa shape index (κ2) is 9.94. The summed E-state index contributed by atoms with van der Waals surface area (Å²) in [6.45, 7) is 15.3. The van der Waals surface area contributed by atoms with Crippen LogP contribution in [0.4, 0.5) is 0 Å². The SMILES string of the molecule is CCN1CCCC1CNC(=O)c1cccc(OC2CCN(CC(C)(C)C)CC2)c1. The van der Waals surface area contributed by atoms with E-state index in [2.05, 4.69) is 42.8 Å². The number of piperidine rings is 1. The molecule has 2 heterocycles. The summed E-state index contributed by atoms with van der Waals surface area (Å²) in [7, 11) is 0. The lowest BCUT2D eigenvalue weighted by molar-refractivity contribution is 0.0808. The zero-order valence-electron chi connectivity index (χ0n) is 18.7. The van der Waals surface area contributed by atoms with Gasteiger partial charge in [-0.15, -0.1) is 0 Å². The van der Waals surface area contributed by atoms with Crippen LogP contribution in [0.3, 0.4) is 0 Å². The van der Waals surface area contributed by atoms with E-state index in [1.165, 1.54) is 12.8 Å². The third kappa shape index (κ3) is 6.71. The van der Waals surface area contributed by atoms with Crippen molar-refractivity contribution < 1.29 is 9.53 Å². The molecule has 2 aliphatic heterocycles. The minimum atomic E-state index is -0.00148. The summed E-state index contributed by atoms with van der Waals surface area (Å²) in [5.74, 6) is 0.807. The molecule has 5 nitrogen and oxygen atoms in total. The molecule has 1 N–H and O–H groups in total. The molecule has 3 rings (SSSR count). The first-order chi connectivity index (χ1) is 13.8. The van der Waals surface area contributed by atoms with Crippen LogP contribution in [0.25, 0.3) is 0 Å². The van der Waals surface area contributed by atoms with Gasteiger partial charge >= 0.3 is 0 Å². The number of hydrogen-bond donors (Lipinski definition) is 1. The maximum absolute atomic E-state index is 12.6. The van der Waals surface area contributed by atoms with E-state index in [-0.39, 0.29) is 12.0 Å². The molecule has 29 heavy (non-hydrogen) atoms. The average molecular weight is 402 g/mol. The number of likely N-dealkylation sites (tertiary alicyclic amines) is 2. The molecule has 0 aliphatic carbocycles. The van der Waals surface area contributed by atoms with Crippen molar-refractivity contribution >= 4 is 5.91 Å². The first kappa shape index (κ1) is 22.1. The molecule has 2 fully saturated rings. The molecule has 0 saturated carbocycles. The number of hydrogen-bond acceptors (Lipinski definition) is 4. The highest BCUT2D eigenvalue weighted by molar-refractivity contribution is 5.94. The van der Waals surface area contributed by atoms with E-state index in [1.807, 2.05) is 24.3 Å². The Morgan fingerprint density at radius 1 is 1.17 bits per heavy atom. The predicted octanol–water partition coefficient (Wildman–Crippen LogP) is 3.79. The number of carbonyl (C=O) groups excluding carboxylic acids is 1. The highest BCUT2D eigenvalue weighted by Crippen LogP contribution is 2.23. The van der Waals surface area contributed by atoms with Gasteiger partial charge in [-0.25, -0.2) is 0 Å². The number of nitrogens with one attached hydrogen (secondary N) is 1. The first-order valence-electron chi connectivity index (χ1n) is 11.4. The quantitative estimate of drug-likeness (QED) is 0.755. The molecule has 1 aromatic rings. The van der Waals surface area contributed by atoms with Gasteiger partial charge in [0.1, 0.15) is 11.9 Å². The van der Waals surface area contributed by atoms with Crippen molar-refractivity contribution in [1.82, 2.24) is 15.1 Å². The van der Waals surface area contributed by atoms with Gasteiger partial charge in [0, 0.05) is 37.8 Å². The fourth-order valence-corrected chi connectivity index (χ4v) is 4.61. The van der Waals surface area contributed by atoms with Crippen molar-refractivity contribution in [3.63, 3.8) is 0 Å². The van der Waals surface area contributed by atoms with Crippen LogP contribution in [-0.4, -0.2) is 67.1 Å². The number of rotatable bonds is 7. The zero-order chi connectivity index (χ0) is 20.9. The third-order valence-electron chi connectivity index (χ3n) is 6.04. The number of carbonyl (C=O) groups is 1. The van der Waals surface area contributed by atoms with Crippen molar-refractivity contribution in [1.29, 1.82) is 0 Å². The maximum Gasteiger partial charge on any atom is 0.251 e. The van der Waals surface area contributed by atoms with Crippen LogP contribution in [0.15, 0.2) is 24.3 Å². The second-order valence-corrected chi connectivity index (χ2v) is 9.82. The van der Waals surface area contributed by atoms with Crippen molar-refractivity contribution in [2.24, 2.45) is 5.41 Å². The van der Waals surface area contributed by atoms with Crippen molar-refractivity contribution in [2.75, 3.05) is 39.3 Å². The minimum absolute atomic E-state index is 0.00148. The summed E-state index contributed by atoms with van der Waals surface area (Å²) >= 11 is 0. The van der Waals surface area contributed by atoms with E-state index in [0.717, 1.165) is 57.9 Å². The minimum Gasteiger partial charge on any atom is -0.490 e. The van der Waals surface area contributed by atoms with Gasteiger partial charge in [0.05, 0.1) is 0 Å². The van der Waals surface area contributed by atoms with Gasteiger partial charge in [0.15, 0.2) is 0 Å². The zero-order valence-corrected chi connectivity index (χ0v) is 18.7. The molecular formula is C24H39N3O2. The van der Waals surface area contributed by atoms with Crippen LogP contribution >= 0.6 is 0 Å². The standard InChI is InChI=1S/C24H39N3O2/c1-5-27-13-7-9-20(27)17-25-23(28)19-8-6-10-22(16-19)29-21-11-14-26(15-12-21)18-24(2,3)4/h6,8,10,16,20-21H,5,7,9,11-15,17-18H2,1-4H3,(H,25,28). The molecular weight excluding hydrogens is 362 g/mol. The van der Waals surface area contributed by atoms with Crippen LogP contribution in [0.1, 0.15) is 63.7 Å². The summed E-state index contributed by atoms with van der Waals surface area (Å²) in [5.41, 5.74) is 1.02. The Bertz CT molecular complexity index is 662. The summed E-state index contributed by atoms with van der Waals surface area (Å²) < 4.78 is 6.22. The van der Waals surface area contributed by atoms with E-state index in [4.69, 9.17) is 4.74 Å². The molecule has 5 heteroatoms. The van der Waals surface area contributed by atoms with E-state index in [1.54, 1.807) is 0 Å². The highest BCUT2D eigenvalue weighted by atomic mass is 16.5. The third-order valence-corrected chi connectivity index (χ3v) is 6.04. The number of nitrogens with zero attached hydrogens (tertiary/aromatic N) is 2. The molecule has 2 saturated heterocycles. The van der Waals surface area contributed by atoms with Crippen molar-refractivity contribution in [2.45, 2.75) is 65.5 Å². The molecule has 1 unspecified atom stereocenters. The van der Waals surface area contributed by atoms with E-state index < -0.39 is 0 Å². The Morgan fingerprint density at radius 2 is 1.93 bits per heavy atom. The Hall–Kier alpha value is -1.59. The monoisotopic (exact) mass is 401 g/mol. The van der Waals surface area contributed by atoms with Gasteiger partial charge in [-0.05, 0) is 62.4 Å². The smallest absolute Gasteiger partial charge is 0.251 e. The van der Waals surface area contributed by atoms with Crippen molar-refractivity contribution in [3.8, 4) is 5.75 Å². The molecule has 162 valence electrons. The largest absolute Gasteiger partial charge is 0.490 e. The van der Waals surface area contributed by atoms with Gasteiger partial charge < -0.3 is 15.0 Å². The number of ether oxygens (including phenoxy) is 1. The second-order valence-electron chi connectivity index (χ2n) is 9.82. The Balaban J connectivity index is 1.47. The van der Waals surface area contributed by atoms with Crippen LogP contribution < -0.4 is 10.1 Å². The summed E-state index contributed by atoms with van der Waals surface area (Å²) in [6, 6.07) is 8.13. The molecule has 1 amide bonds. The Labute approximate surface area is 176 Å². The normalized spacial score (nSPS) is 22.0. The van der Waals surface area contributed by atoms with Gasteiger partial charge in [0.2, 0.25) is 0 Å². The lowest BCUT2D eigenvalue weighted by Crippen LogP contribution is -2.42. The summed E-state index contributed by atoms with van der Waals surface area (Å²) in [6.07, 6.45) is 4.72. The summed E-state index contributed by atoms with van der Waals surface area (Å²) in [4.78, 5) is 17.6. The Morgan fingerprint density at radius 3 is 2.62 bits per heavy atom. The van der Waals surface area contributed by atoms with E-state index >= 15 is 0 Å². The molecule has 0 radical (unpaired) electrons. The first-order valence-corrected chi connectivity index (χ1v) is 11.4. The lowest BCUT2D eigenvalue weighted by atomic mass is 9.94. The van der Waals surface area contributed by atoms with E-state index in [0.29, 0.717) is 17.0 Å². The topological polar surface area (TPSA) is 44.8 Å². The van der Waals surface area contributed by atoms with Crippen LogP contribution in [0.2, 0.25) is 0 Å². The van der Waals surface area contributed by atoms with Crippen molar-refractivity contribution in [3.05, 3.63) is 29.8 Å². The van der Waals surface area contributed by atoms with Gasteiger partial charge in [-0.3, -0.25) is 9.69 Å². The molecule has 0 aromatic heterocycles. The molecule has 2 aliphatic rings. The number of amides is 1. The van der Waals surface area contributed by atoms with Crippen LogP contribution in [-0.2, 0) is 0 Å². The molecule has 1 aromatic carbocycles. The highest BCUT2D eigenvalue weighted by Gasteiger charge is 2.25. The maximum atomic E-state index is 12.6. The van der Waals surface area contributed by atoms with Crippen LogP contribution in [0, 0.1) is 5.41 Å². The number of benzene rings is 1. The lowest BCUT2D eigenvalue weighted by Gasteiger charge is -2.36. The fourth-order valence-electron chi connectivity index (χ4n) is 4.61. The predicted molar refractivity (Wildman–Crippen MR) is 119 cm³/mol. The average Bonchev–Trinajstić information content (AvgIpc) is 3.14. The van der Waals surface area contributed by atoms with Gasteiger partial charge in [-0.1, -0.05) is 33.8 Å². The summed E-state index contributed by atoms with van der Waals surface area (Å²) in [5, 5.41) is 3.12. The van der Waals surface area contributed by atoms with Gasteiger partial charge in [-0.2, -0.15) is 0 Å². The fraction of sp³-hybridized carbons (Fsp3) is 0.708. The Kier molecular flexibility index (Phi) is 7.58. The van der Waals surface area contributed by atoms with Crippen LogP contribution in [0.5, 0.6) is 5.75 Å². The molecule has 0 spiro atoms. The number of likely N-dealkylation sites (N-methyl/N-ethyl adjacent to an activating group) is 1. The molecule has 0 bridgehead atoms. The van der Waals surface area contributed by atoms with Gasteiger partial charge in [0.25, 0.3) is 5.91 Å². The molecule has 1 atom stereocenters.